The molecule has 9 aliphatic rings. The standard InChI is InChI=1S/3C11H14O3.3C5H5.C4H9.3Fe.Sn/c3*1-12-8-10-6-7-13-11(14-10)9-4-2-3-5-9;3*1-2-4-5-3-1;1-3-4-2;;;;/h3*2-4,10-11H,6-8H2,1H3;3*1-5H;1,3-4H2,2H3;;;;/q3*-1;;;;;3*+2;+3/t3*10-,11-;;;;;;;;/m000......../s1. The van der Waals surface area contributed by atoms with E-state index in [4.69, 9.17) is 42.6 Å². The van der Waals surface area contributed by atoms with Crippen LogP contribution in [0.25, 0.3) is 0 Å². The van der Waals surface area contributed by atoms with Crippen molar-refractivity contribution in [3.05, 3.63) is 191 Å². The minimum absolute atomic E-state index is 0. The molecule has 0 aromatic carbocycles. The molecule has 6 atom stereocenters. The molecule has 30 radical (unpaired) electrons. The Morgan fingerprint density at radius 1 is 0.462 bits per heavy atom. The first-order chi connectivity index (χ1) is 30.6. The van der Waals surface area contributed by atoms with Crippen molar-refractivity contribution in [3.63, 3.8) is 0 Å². The van der Waals surface area contributed by atoms with Crippen LogP contribution in [-0.2, 0) is 93.8 Å². The van der Waals surface area contributed by atoms with Crippen LogP contribution in [-0.4, -0.2) is 121 Å². The van der Waals surface area contributed by atoms with Crippen molar-refractivity contribution in [1.29, 1.82) is 0 Å². The van der Waals surface area contributed by atoms with Gasteiger partial charge in [0.2, 0.25) is 0 Å². The van der Waals surface area contributed by atoms with Crippen LogP contribution >= 0.6 is 0 Å². The number of methoxy groups -OCH3 is 3. The predicted molar refractivity (Wildman–Crippen MR) is 241 cm³/mol. The average molecular weight is 1120 g/mol. The molecule has 0 unspecified atom stereocenters. The van der Waals surface area contributed by atoms with E-state index in [1.54, 1.807) is 43.9 Å². The largest absolute Gasteiger partial charge is 2.00 e. The maximum absolute atomic E-state index is 5.69. The van der Waals surface area contributed by atoms with Gasteiger partial charge in [0, 0.05) is 21.3 Å². The Hall–Kier alpha value is 2.00. The minimum atomic E-state index is -0.265. The molecule has 0 aromatic heterocycles. The van der Waals surface area contributed by atoms with Gasteiger partial charge < -0.3 is 61.9 Å². The third-order valence-corrected chi connectivity index (χ3v) is 9.97. The van der Waals surface area contributed by atoms with E-state index in [1.807, 2.05) is 154 Å². The Morgan fingerprint density at radius 3 is 0.892 bits per heavy atom. The fraction of sp³-hybridized carbons (Fsp3) is 0.423. The van der Waals surface area contributed by atoms with Crippen molar-refractivity contribution >= 4 is 22.5 Å². The monoisotopic (exact) mass is 1120 g/mol. The third-order valence-electron chi connectivity index (χ3n) is 8.96. The van der Waals surface area contributed by atoms with E-state index in [-0.39, 0.29) is 88.4 Å². The molecule has 0 bridgehead atoms. The number of hydrogen-bond donors (Lipinski definition) is 0. The van der Waals surface area contributed by atoms with Gasteiger partial charge in [0.15, 0.2) is 0 Å². The molecule has 6 saturated carbocycles. The summed E-state index contributed by atoms with van der Waals surface area (Å²) in [6, 6.07) is 0. The predicted octanol–water partition coefficient (Wildman–Crippen LogP) is 7.57. The second kappa shape index (κ2) is 47.0. The molecular weight excluding hydrogens is 1050 g/mol. The van der Waals surface area contributed by atoms with Gasteiger partial charge >= 0.3 is 97.9 Å². The second-order valence-electron chi connectivity index (χ2n) is 14.0. The summed E-state index contributed by atoms with van der Waals surface area (Å²) in [5.74, 6) is 2.89. The van der Waals surface area contributed by atoms with Crippen molar-refractivity contribution < 1.29 is 93.8 Å². The average Bonchev–Trinajstić information content (AvgIpc) is 4.17. The second-order valence-corrected chi connectivity index (χ2v) is 15.4. The Kier molecular flexibility index (Phi) is 48.5. The molecule has 13 heteroatoms. The molecular formula is C52H66Fe3O9Sn+6. The van der Waals surface area contributed by atoms with Gasteiger partial charge in [-0.1, -0.05) is 38.5 Å². The molecule has 6 aliphatic carbocycles. The van der Waals surface area contributed by atoms with Crippen LogP contribution in [0.15, 0.2) is 0 Å². The van der Waals surface area contributed by atoms with Gasteiger partial charge in [0.05, 0.1) is 58.0 Å². The van der Waals surface area contributed by atoms with Gasteiger partial charge in [0.25, 0.3) is 0 Å². The molecule has 65 heavy (non-hydrogen) atoms. The summed E-state index contributed by atoms with van der Waals surface area (Å²) in [6.45, 7) is 6.26. The molecule has 0 N–H and O–H groups in total. The molecule has 0 amide bonds. The van der Waals surface area contributed by atoms with E-state index in [1.165, 1.54) is 17.3 Å². The molecule has 3 heterocycles. The first-order valence-electron chi connectivity index (χ1n) is 21.4. The molecule has 9 fully saturated rings. The summed E-state index contributed by atoms with van der Waals surface area (Å²) < 4.78 is 50.2. The van der Waals surface area contributed by atoms with Gasteiger partial charge in [-0.05, 0) is 116 Å². The van der Waals surface area contributed by atoms with Crippen molar-refractivity contribution in [3.8, 4) is 0 Å². The zero-order valence-electron chi connectivity index (χ0n) is 38.0. The Bertz CT molecular complexity index is 821. The normalized spacial score (nSPS) is 28.8. The summed E-state index contributed by atoms with van der Waals surface area (Å²) >= 11 is 1.68. The quantitative estimate of drug-likeness (QED) is 0.154. The molecule has 9 nitrogen and oxygen atoms in total. The molecule has 0 spiro atoms. The van der Waals surface area contributed by atoms with Gasteiger partial charge in [-0.2, -0.15) is 0 Å². The zero-order chi connectivity index (χ0) is 44.1. The Morgan fingerprint density at radius 2 is 0.723 bits per heavy atom. The number of rotatable bonds is 11. The Balaban J connectivity index is 0.000000767. The maximum atomic E-state index is 5.69. The number of unbranched alkanes of at least 4 members (excludes halogenated alkanes) is 1. The molecule has 3 aliphatic heterocycles. The number of hydrogen-bond acceptors (Lipinski definition) is 9. The summed E-state index contributed by atoms with van der Waals surface area (Å²) in [5, 5.41) is 0. The molecule has 0 aromatic rings. The zero-order valence-corrected chi connectivity index (χ0v) is 44.2. The van der Waals surface area contributed by atoms with E-state index in [9.17, 15) is 0 Å². The van der Waals surface area contributed by atoms with Gasteiger partial charge in [-0.3, -0.25) is 0 Å². The summed E-state index contributed by atoms with van der Waals surface area (Å²) in [5.41, 5.74) is 0. The third kappa shape index (κ3) is 32.6. The fourth-order valence-electron chi connectivity index (χ4n) is 5.79. The van der Waals surface area contributed by atoms with Crippen molar-refractivity contribution in [2.75, 3.05) is 61.0 Å². The van der Waals surface area contributed by atoms with E-state index >= 15 is 0 Å². The van der Waals surface area contributed by atoms with Crippen LogP contribution in [0.2, 0.25) is 4.44 Å². The van der Waals surface area contributed by atoms with Crippen molar-refractivity contribution in [1.82, 2.24) is 0 Å². The van der Waals surface area contributed by atoms with E-state index in [0.717, 1.165) is 56.8 Å². The molecule has 350 valence electrons. The maximum Gasteiger partial charge on any atom is 2.00 e. The van der Waals surface area contributed by atoms with E-state index in [2.05, 4.69) is 26.2 Å². The smallest absolute Gasteiger partial charge is 0.465 e. The SMILES string of the molecule is CCC[CH2][Sn+3].COC[C@@H]1CCO[C@H]([C]2[C-][CH][CH][CH]2)O1.COC[C@@H]1CCO[C@H]([C]2[C-][CH][CH][CH]2)O1.COC[C@@H]1CCO[C@H]([C]2[C-][CH][CH][CH]2)O1.[CH]1[CH][CH][CH][CH]1.[CH]1[CH][CH][CH][CH]1.[CH]1[CH][CH][CH][CH]1.[Fe+2].[Fe+2].[Fe+2]. The number of ether oxygens (including phenoxy) is 9. The van der Waals surface area contributed by atoms with Gasteiger partial charge in [-0.25, -0.2) is 19.3 Å². The topological polar surface area (TPSA) is 83.1 Å². The molecule has 3 saturated heterocycles. The first kappa shape index (κ1) is 67.0. The van der Waals surface area contributed by atoms with Crippen LogP contribution < -0.4 is 0 Å². The molecule has 9 rings (SSSR count). The first-order valence-corrected chi connectivity index (χ1v) is 23.5. The van der Waals surface area contributed by atoms with Crippen molar-refractivity contribution in [2.24, 2.45) is 0 Å². The summed E-state index contributed by atoms with van der Waals surface area (Å²) in [4.78, 5) is 0. The van der Waals surface area contributed by atoms with Crippen LogP contribution in [0.1, 0.15) is 39.0 Å². The van der Waals surface area contributed by atoms with Crippen LogP contribution in [0.4, 0.5) is 0 Å². The van der Waals surface area contributed by atoms with E-state index < -0.39 is 0 Å². The van der Waals surface area contributed by atoms with E-state index in [0.29, 0.717) is 19.8 Å². The summed E-state index contributed by atoms with van der Waals surface area (Å²) in [6.07, 6.45) is 61.6. The summed E-state index contributed by atoms with van der Waals surface area (Å²) in [7, 11) is 5.05. The fourth-order valence-corrected chi connectivity index (χ4v) is 6.80. The van der Waals surface area contributed by atoms with Gasteiger partial charge in [-0.15, -0.1) is 17.8 Å². The van der Waals surface area contributed by atoms with Crippen LogP contribution in [0.5, 0.6) is 0 Å². The minimum Gasteiger partial charge on any atom is -0.465 e. The van der Waals surface area contributed by atoms with Crippen LogP contribution in [0, 0.1) is 191 Å². The van der Waals surface area contributed by atoms with Crippen LogP contribution in [0.3, 0.4) is 0 Å². The van der Waals surface area contributed by atoms with Gasteiger partial charge in [0.1, 0.15) is 18.9 Å². The Labute approximate surface area is 445 Å². The van der Waals surface area contributed by atoms with Crippen molar-refractivity contribution in [2.45, 2.75) is 80.6 Å².